The molecule has 0 bridgehead atoms. The number of nitrogens with one attached hydrogen (secondary N) is 1. The van der Waals surface area contributed by atoms with E-state index in [2.05, 4.69) is 0 Å². The average molecular weight is 264 g/mol. The molecule has 5 nitrogen and oxygen atoms in total. The number of hydrogen-bond donors (Lipinski definition) is 2. The normalized spacial score (nSPS) is 10.3. The summed E-state index contributed by atoms with van der Waals surface area (Å²) in [6.45, 7) is 1.77. The van der Waals surface area contributed by atoms with Gasteiger partial charge in [0, 0.05) is 0 Å². The van der Waals surface area contributed by atoms with Crippen LogP contribution in [0, 0.1) is 12.7 Å². The van der Waals surface area contributed by atoms with Gasteiger partial charge in [0.05, 0.1) is 11.8 Å². The van der Waals surface area contributed by atoms with E-state index in [4.69, 9.17) is 15.0 Å². The van der Waals surface area contributed by atoms with Gasteiger partial charge in [0.2, 0.25) is 0 Å². The highest BCUT2D eigenvalue weighted by Gasteiger charge is 2.14. The van der Waals surface area contributed by atoms with E-state index in [1.165, 1.54) is 18.4 Å². The lowest BCUT2D eigenvalue weighted by Crippen LogP contribution is -2.30. The average Bonchev–Trinajstić information content (AvgIpc) is 2.87. The number of ether oxygens (including phenoxy) is 1. The van der Waals surface area contributed by atoms with Crippen molar-refractivity contribution in [1.29, 1.82) is 0 Å². The largest absolute Gasteiger partial charge is 0.483 e. The van der Waals surface area contributed by atoms with E-state index in [0.717, 1.165) is 5.56 Å². The van der Waals surface area contributed by atoms with Crippen LogP contribution in [0.5, 0.6) is 5.75 Å². The van der Waals surface area contributed by atoms with Crippen LogP contribution in [-0.2, 0) is 6.61 Å². The molecule has 0 saturated heterocycles. The van der Waals surface area contributed by atoms with Gasteiger partial charge in [-0.3, -0.25) is 10.2 Å². The third kappa shape index (κ3) is 2.92. The number of benzene rings is 1. The predicted molar refractivity (Wildman–Crippen MR) is 65.8 cm³/mol. The fourth-order valence-electron chi connectivity index (χ4n) is 1.60. The Morgan fingerprint density at radius 2 is 2.26 bits per heavy atom. The number of carbonyl (C=O) groups is 1. The molecule has 0 unspecified atom stereocenters. The first-order valence-corrected chi connectivity index (χ1v) is 5.58. The lowest BCUT2D eigenvalue weighted by molar-refractivity contribution is 0.0949. The van der Waals surface area contributed by atoms with Gasteiger partial charge in [-0.05, 0) is 30.7 Å². The van der Waals surface area contributed by atoms with Crippen LogP contribution < -0.4 is 16.0 Å². The maximum absolute atomic E-state index is 13.5. The number of hydrazine groups is 1. The topological polar surface area (TPSA) is 77.5 Å². The van der Waals surface area contributed by atoms with Crippen LogP contribution in [0.2, 0.25) is 0 Å². The lowest BCUT2D eigenvalue weighted by atomic mass is 10.2. The van der Waals surface area contributed by atoms with Crippen LogP contribution in [0.1, 0.15) is 21.7 Å². The third-order valence-corrected chi connectivity index (χ3v) is 2.57. The van der Waals surface area contributed by atoms with Gasteiger partial charge in [-0.2, -0.15) is 0 Å². The summed E-state index contributed by atoms with van der Waals surface area (Å²) >= 11 is 0. The zero-order chi connectivity index (χ0) is 13.8. The van der Waals surface area contributed by atoms with Crippen LogP contribution in [0.25, 0.3) is 0 Å². The van der Waals surface area contributed by atoms with Crippen LogP contribution in [-0.4, -0.2) is 5.91 Å². The molecule has 1 heterocycles. The van der Waals surface area contributed by atoms with E-state index in [1.54, 1.807) is 12.1 Å². The molecule has 1 amide bonds. The van der Waals surface area contributed by atoms with Crippen molar-refractivity contribution < 1.29 is 18.3 Å². The number of rotatable bonds is 4. The minimum Gasteiger partial charge on any atom is -0.483 e. The second-order valence-electron chi connectivity index (χ2n) is 3.95. The number of aryl methyl sites for hydroxylation is 1. The molecule has 0 aliphatic rings. The molecule has 0 spiro atoms. The highest BCUT2D eigenvalue weighted by Crippen LogP contribution is 2.21. The van der Waals surface area contributed by atoms with Gasteiger partial charge in [-0.15, -0.1) is 0 Å². The molecule has 0 saturated carbocycles. The molecule has 0 atom stereocenters. The van der Waals surface area contributed by atoms with E-state index >= 15 is 0 Å². The maximum atomic E-state index is 13.5. The molecule has 0 aliphatic heterocycles. The Bertz CT molecular complexity index is 595. The molecule has 1 aromatic heterocycles. The van der Waals surface area contributed by atoms with Crippen LogP contribution in [0.15, 0.2) is 34.9 Å². The van der Waals surface area contributed by atoms with Gasteiger partial charge in [0.1, 0.15) is 6.61 Å². The Hall–Kier alpha value is -2.34. The van der Waals surface area contributed by atoms with E-state index < -0.39 is 11.7 Å². The van der Waals surface area contributed by atoms with Gasteiger partial charge in [-0.1, -0.05) is 6.07 Å². The Kier molecular flexibility index (Phi) is 3.82. The number of hydrogen-bond acceptors (Lipinski definition) is 4. The fourth-order valence-corrected chi connectivity index (χ4v) is 1.60. The van der Waals surface area contributed by atoms with Crippen LogP contribution in [0.4, 0.5) is 4.39 Å². The second-order valence-corrected chi connectivity index (χ2v) is 3.95. The summed E-state index contributed by atoms with van der Waals surface area (Å²) in [6.07, 6.45) is 1.34. The summed E-state index contributed by atoms with van der Waals surface area (Å²) in [5, 5.41) is 0. The summed E-state index contributed by atoms with van der Waals surface area (Å²) in [5.74, 6) is 4.47. The van der Waals surface area contributed by atoms with Crippen molar-refractivity contribution in [1.82, 2.24) is 5.43 Å². The van der Waals surface area contributed by atoms with Crippen molar-refractivity contribution in [2.75, 3.05) is 0 Å². The zero-order valence-corrected chi connectivity index (χ0v) is 10.3. The van der Waals surface area contributed by atoms with Gasteiger partial charge >= 0.3 is 0 Å². The van der Waals surface area contributed by atoms with E-state index in [9.17, 15) is 9.18 Å². The predicted octanol–water partition coefficient (Wildman–Crippen LogP) is 1.91. The Morgan fingerprint density at radius 3 is 3.00 bits per heavy atom. The van der Waals surface area contributed by atoms with Crippen molar-refractivity contribution in [2.45, 2.75) is 13.5 Å². The summed E-state index contributed by atoms with van der Waals surface area (Å²) in [6, 6.07) is 6.00. The molecule has 6 heteroatoms. The molecule has 2 aromatic rings. The molecule has 2 rings (SSSR count). The minimum absolute atomic E-state index is 0.0594. The van der Waals surface area contributed by atoms with E-state index in [1.807, 2.05) is 12.3 Å². The third-order valence-electron chi connectivity index (χ3n) is 2.57. The number of nitrogens with two attached hydrogens (primary N) is 1. The highest BCUT2D eigenvalue weighted by atomic mass is 19.1. The standard InChI is InChI=1S/C13H13FN2O3/c1-8-2-3-10(14)11(6-8)19-7-12-9(4-5-18-12)13(17)16-15/h2-6H,7,15H2,1H3,(H,16,17). The smallest absolute Gasteiger partial charge is 0.268 e. The summed E-state index contributed by atoms with van der Waals surface area (Å²) < 4.78 is 23.9. The van der Waals surface area contributed by atoms with E-state index in [0.29, 0.717) is 0 Å². The highest BCUT2D eigenvalue weighted by molar-refractivity contribution is 5.94. The van der Waals surface area contributed by atoms with Crippen LogP contribution in [0.3, 0.4) is 0 Å². The summed E-state index contributed by atoms with van der Waals surface area (Å²) in [5.41, 5.74) is 3.13. The molecule has 0 radical (unpaired) electrons. The minimum atomic E-state index is -0.489. The Morgan fingerprint density at radius 1 is 1.47 bits per heavy atom. The number of amides is 1. The van der Waals surface area contributed by atoms with Crippen molar-refractivity contribution >= 4 is 5.91 Å². The number of halogens is 1. The first kappa shape index (κ1) is 13.1. The first-order chi connectivity index (χ1) is 9.11. The monoisotopic (exact) mass is 264 g/mol. The molecular formula is C13H13FN2O3. The molecule has 100 valence electrons. The SMILES string of the molecule is Cc1ccc(F)c(OCc2occc2C(=O)NN)c1. The Balaban J connectivity index is 2.13. The Labute approximate surface area is 109 Å². The van der Waals surface area contributed by atoms with Gasteiger partial charge in [0.15, 0.2) is 17.3 Å². The quantitative estimate of drug-likeness (QED) is 0.502. The van der Waals surface area contributed by atoms with Crippen molar-refractivity contribution in [3.63, 3.8) is 0 Å². The van der Waals surface area contributed by atoms with Crippen LogP contribution >= 0.6 is 0 Å². The van der Waals surface area contributed by atoms with Crippen molar-refractivity contribution in [2.24, 2.45) is 5.84 Å². The molecule has 0 aliphatic carbocycles. The van der Waals surface area contributed by atoms with Crippen molar-refractivity contribution in [3.8, 4) is 5.75 Å². The molecule has 1 aromatic carbocycles. The summed E-state index contributed by atoms with van der Waals surface area (Å²) in [4.78, 5) is 11.4. The number of carbonyl (C=O) groups excluding carboxylic acids is 1. The zero-order valence-electron chi connectivity index (χ0n) is 10.3. The second kappa shape index (κ2) is 5.53. The van der Waals surface area contributed by atoms with Gasteiger partial charge < -0.3 is 9.15 Å². The maximum Gasteiger partial charge on any atom is 0.268 e. The number of nitrogen functional groups attached to an aromatic ring is 1. The summed E-state index contributed by atoms with van der Waals surface area (Å²) in [7, 11) is 0. The van der Waals surface area contributed by atoms with Gasteiger partial charge in [0.25, 0.3) is 5.91 Å². The molecular weight excluding hydrogens is 251 g/mol. The van der Waals surface area contributed by atoms with Gasteiger partial charge in [-0.25, -0.2) is 10.2 Å². The first-order valence-electron chi connectivity index (χ1n) is 5.58. The van der Waals surface area contributed by atoms with E-state index in [-0.39, 0.29) is 23.7 Å². The molecule has 3 N–H and O–H groups in total. The lowest BCUT2D eigenvalue weighted by Gasteiger charge is -2.07. The molecule has 0 fully saturated rings. The molecule has 19 heavy (non-hydrogen) atoms. The number of furan rings is 1. The fraction of sp³-hybridized carbons (Fsp3) is 0.154. The van der Waals surface area contributed by atoms with Crippen molar-refractivity contribution in [3.05, 3.63) is 53.2 Å².